The van der Waals surface area contributed by atoms with Crippen LogP contribution in [-0.4, -0.2) is 63.7 Å². The van der Waals surface area contributed by atoms with Crippen LogP contribution in [0.5, 0.6) is 0 Å². The van der Waals surface area contributed by atoms with E-state index in [0.29, 0.717) is 12.8 Å². The van der Waals surface area contributed by atoms with Gasteiger partial charge < -0.3 is 10.6 Å². The molecule has 22 heavy (non-hydrogen) atoms. The Balaban J connectivity index is 1.67. The van der Waals surface area contributed by atoms with Crippen LogP contribution in [0.3, 0.4) is 0 Å². The minimum Gasteiger partial charge on any atom is -0.352 e. The quantitative estimate of drug-likeness (QED) is 0.612. The fourth-order valence-corrected chi connectivity index (χ4v) is 5.99. The van der Waals surface area contributed by atoms with Gasteiger partial charge in [-0.3, -0.25) is 9.59 Å². The van der Waals surface area contributed by atoms with Crippen LogP contribution in [0.15, 0.2) is 0 Å². The first-order valence-corrected chi connectivity index (χ1v) is 10.8. The molecule has 0 bridgehead atoms. The third-order valence-corrected chi connectivity index (χ3v) is 7.31. The number of sulfone groups is 2. The van der Waals surface area contributed by atoms with Gasteiger partial charge in [0.1, 0.15) is 0 Å². The van der Waals surface area contributed by atoms with Crippen LogP contribution in [0, 0.1) is 0 Å². The third-order valence-electron chi connectivity index (χ3n) is 3.77. The molecule has 0 aliphatic carbocycles. The van der Waals surface area contributed by atoms with Gasteiger partial charge in [0.15, 0.2) is 19.7 Å². The molecule has 0 spiro atoms. The molecule has 2 amide bonds. The number of nitrogens with one attached hydrogen (secondary N) is 2. The van der Waals surface area contributed by atoms with Crippen LogP contribution in [0.4, 0.5) is 0 Å². The topological polar surface area (TPSA) is 126 Å². The Morgan fingerprint density at radius 1 is 0.773 bits per heavy atom. The van der Waals surface area contributed by atoms with E-state index in [1.807, 2.05) is 0 Å². The van der Waals surface area contributed by atoms with Crippen LogP contribution in [-0.2, 0) is 29.3 Å². The van der Waals surface area contributed by atoms with Crippen LogP contribution >= 0.6 is 0 Å². The lowest BCUT2D eigenvalue weighted by Gasteiger charge is -2.12. The van der Waals surface area contributed by atoms with E-state index >= 15 is 0 Å². The van der Waals surface area contributed by atoms with E-state index in [1.54, 1.807) is 0 Å². The normalized spacial score (nSPS) is 29.1. The molecule has 0 radical (unpaired) electrons. The van der Waals surface area contributed by atoms with Crippen molar-refractivity contribution in [3.8, 4) is 0 Å². The van der Waals surface area contributed by atoms with Crippen molar-refractivity contribution in [2.45, 2.75) is 37.8 Å². The summed E-state index contributed by atoms with van der Waals surface area (Å²) in [5.74, 6) is -0.675. The van der Waals surface area contributed by atoms with E-state index in [4.69, 9.17) is 0 Å². The second kappa shape index (κ2) is 6.53. The average Bonchev–Trinajstić information content (AvgIpc) is 2.89. The minimum atomic E-state index is -3.05. The zero-order valence-corrected chi connectivity index (χ0v) is 13.7. The van der Waals surface area contributed by atoms with E-state index in [1.165, 1.54) is 0 Å². The Kier molecular flexibility index (Phi) is 5.10. The lowest BCUT2D eigenvalue weighted by molar-refractivity contribution is -0.127. The fraction of sp³-hybridized carbons (Fsp3) is 0.833. The summed E-state index contributed by atoms with van der Waals surface area (Å²) in [7, 11) is -6.10. The van der Waals surface area contributed by atoms with E-state index in [-0.39, 0.29) is 59.8 Å². The van der Waals surface area contributed by atoms with Crippen molar-refractivity contribution in [2.24, 2.45) is 0 Å². The summed E-state index contributed by atoms with van der Waals surface area (Å²) in [4.78, 5) is 23.3. The second-order valence-corrected chi connectivity index (χ2v) is 10.3. The SMILES string of the molecule is O=C(CCC(=O)N[C@@H]1CCS(=O)(=O)C1)N[C@@H]1CCS(=O)(=O)C1. The Morgan fingerprint density at radius 3 is 1.41 bits per heavy atom. The first-order valence-electron chi connectivity index (χ1n) is 7.15. The van der Waals surface area contributed by atoms with Gasteiger partial charge in [0, 0.05) is 24.9 Å². The first kappa shape index (κ1) is 17.2. The number of amides is 2. The third kappa shape index (κ3) is 5.24. The molecule has 8 nitrogen and oxygen atoms in total. The van der Waals surface area contributed by atoms with Gasteiger partial charge in [-0.05, 0) is 12.8 Å². The molecular formula is C12H20N2O6S2. The summed E-state index contributed by atoms with van der Waals surface area (Å²) in [5, 5.41) is 5.21. The number of carbonyl (C=O) groups excluding carboxylic acids is 2. The van der Waals surface area contributed by atoms with Crippen molar-refractivity contribution in [2.75, 3.05) is 23.0 Å². The smallest absolute Gasteiger partial charge is 0.220 e. The summed E-state index contributed by atoms with van der Waals surface area (Å²) in [6.07, 6.45) is 0.726. The minimum absolute atomic E-state index is 0.0398. The van der Waals surface area contributed by atoms with Crippen molar-refractivity contribution < 1.29 is 26.4 Å². The summed E-state index contributed by atoms with van der Waals surface area (Å²) in [5.41, 5.74) is 0. The highest BCUT2D eigenvalue weighted by Gasteiger charge is 2.30. The predicted octanol–water partition coefficient (Wildman–Crippen LogP) is -1.63. The molecule has 0 saturated carbocycles. The van der Waals surface area contributed by atoms with Gasteiger partial charge in [-0.15, -0.1) is 0 Å². The highest BCUT2D eigenvalue weighted by atomic mass is 32.2. The van der Waals surface area contributed by atoms with Crippen LogP contribution < -0.4 is 10.6 Å². The van der Waals surface area contributed by atoms with Gasteiger partial charge >= 0.3 is 0 Å². The Morgan fingerprint density at radius 2 is 1.14 bits per heavy atom. The summed E-state index contributed by atoms with van der Waals surface area (Å²) < 4.78 is 45.1. The summed E-state index contributed by atoms with van der Waals surface area (Å²) >= 11 is 0. The summed E-state index contributed by atoms with van der Waals surface area (Å²) in [6.45, 7) is 0. The Bertz CT molecular complexity index is 597. The van der Waals surface area contributed by atoms with Gasteiger partial charge in [-0.2, -0.15) is 0 Å². The predicted molar refractivity (Wildman–Crippen MR) is 79.6 cm³/mol. The Labute approximate surface area is 129 Å². The van der Waals surface area contributed by atoms with Crippen molar-refractivity contribution in [1.82, 2.24) is 10.6 Å². The zero-order chi connectivity index (χ0) is 16.4. The second-order valence-electron chi connectivity index (χ2n) is 5.83. The maximum atomic E-state index is 11.7. The molecular weight excluding hydrogens is 332 g/mol. The van der Waals surface area contributed by atoms with Crippen molar-refractivity contribution in [3.63, 3.8) is 0 Å². The van der Waals surface area contributed by atoms with Gasteiger partial charge in [0.2, 0.25) is 11.8 Å². The largest absolute Gasteiger partial charge is 0.352 e. The summed E-state index contributed by atoms with van der Waals surface area (Å²) in [6, 6.07) is -0.749. The maximum Gasteiger partial charge on any atom is 0.220 e. The lowest BCUT2D eigenvalue weighted by atomic mass is 10.2. The van der Waals surface area contributed by atoms with Gasteiger partial charge in [-0.1, -0.05) is 0 Å². The molecule has 2 saturated heterocycles. The van der Waals surface area contributed by atoms with E-state index < -0.39 is 19.7 Å². The molecule has 0 aromatic rings. The molecule has 0 aromatic carbocycles. The molecule has 2 fully saturated rings. The molecule has 2 aliphatic heterocycles. The number of hydrogen-bond acceptors (Lipinski definition) is 6. The van der Waals surface area contributed by atoms with Crippen molar-refractivity contribution in [1.29, 1.82) is 0 Å². The van der Waals surface area contributed by atoms with Gasteiger partial charge in [-0.25, -0.2) is 16.8 Å². The highest BCUT2D eigenvalue weighted by Crippen LogP contribution is 2.12. The standard InChI is InChI=1S/C12H20N2O6S2/c15-11(13-9-3-5-21(17,18)7-9)1-2-12(16)14-10-4-6-22(19,20)8-10/h9-10H,1-8H2,(H,13,15)(H,14,16)/t9-,10-/m1/s1. The Hall–Kier alpha value is -1.16. The van der Waals surface area contributed by atoms with Crippen molar-refractivity contribution >= 4 is 31.5 Å². The van der Waals surface area contributed by atoms with Gasteiger partial charge in [0.05, 0.1) is 23.0 Å². The van der Waals surface area contributed by atoms with E-state index in [0.717, 1.165) is 0 Å². The number of rotatable bonds is 5. The van der Waals surface area contributed by atoms with Crippen LogP contribution in [0.25, 0.3) is 0 Å². The molecule has 2 aliphatic rings. The molecule has 0 unspecified atom stereocenters. The van der Waals surface area contributed by atoms with E-state index in [9.17, 15) is 26.4 Å². The molecule has 2 atom stereocenters. The van der Waals surface area contributed by atoms with Crippen LogP contribution in [0.1, 0.15) is 25.7 Å². The van der Waals surface area contributed by atoms with Gasteiger partial charge in [0.25, 0.3) is 0 Å². The molecule has 2 heterocycles. The molecule has 2 rings (SSSR count). The number of carbonyl (C=O) groups is 2. The monoisotopic (exact) mass is 352 g/mol. The van der Waals surface area contributed by atoms with Crippen molar-refractivity contribution in [3.05, 3.63) is 0 Å². The maximum absolute atomic E-state index is 11.7. The average molecular weight is 352 g/mol. The molecule has 2 N–H and O–H groups in total. The first-order chi connectivity index (χ1) is 10.2. The van der Waals surface area contributed by atoms with E-state index in [2.05, 4.69) is 10.6 Å². The fourth-order valence-electron chi connectivity index (χ4n) is 2.64. The highest BCUT2D eigenvalue weighted by molar-refractivity contribution is 7.91. The molecule has 10 heteroatoms. The number of hydrogen-bond donors (Lipinski definition) is 2. The lowest BCUT2D eigenvalue weighted by Crippen LogP contribution is -2.38. The zero-order valence-electron chi connectivity index (χ0n) is 12.1. The molecule has 0 aromatic heterocycles. The van der Waals surface area contributed by atoms with Crippen LogP contribution in [0.2, 0.25) is 0 Å². The molecule has 126 valence electrons.